The Bertz CT molecular complexity index is 614. The summed E-state index contributed by atoms with van der Waals surface area (Å²) in [6, 6.07) is 8.85. The predicted molar refractivity (Wildman–Crippen MR) is 80.7 cm³/mol. The zero-order valence-corrected chi connectivity index (χ0v) is 12.6. The Balaban J connectivity index is 2.33. The van der Waals surface area contributed by atoms with Gasteiger partial charge in [-0.3, -0.25) is 0 Å². The van der Waals surface area contributed by atoms with Gasteiger partial charge in [-0.05, 0) is 43.5 Å². The van der Waals surface area contributed by atoms with Gasteiger partial charge in [0, 0.05) is 12.0 Å². The average Bonchev–Trinajstić information content (AvgIpc) is 2.36. The van der Waals surface area contributed by atoms with E-state index >= 15 is 0 Å². The molecule has 0 aromatic heterocycles. The van der Waals surface area contributed by atoms with Crippen LogP contribution in [0.1, 0.15) is 33.9 Å². The van der Waals surface area contributed by atoms with E-state index in [2.05, 4.69) is 12.1 Å². The fourth-order valence-corrected chi connectivity index (χ4v) is 2.79. The zero-order chi connectivity index (χ0) is 14.9. The average molecular weight is 293 g/mol. The van der Waals surface area contributed by atoms with Gasteiger partial charge in [0.15, 0.2) is 0 Å². The molecule has 3 heteroatoms. The maximum atomic E-state index is 13.9. The molecule has 1 N–H and O–H groups in total. The van der Waals surface area contributed by atoms with E-state index < -0.39 is 11.9 Å². The lowest BCUT2D eigenvalue weighted by Crippen LogP contribution is -2.07. The molecule has 0 saturated heterocycles. The Labute approximate surface area is 124 Å². The molecule has 0 aliphatic heterocycles. The molecule has 0 heterocycles. The number of aliphatic hydroxyl groups excluding tert-OH is 1. The molecule has 0 fully saturated rings. The van der Waals surface area contributed by atoms with Crippen LogP contribution in [0.2, 0.25) is 5.02 Å². The van der Waals surface area contributed by atoms with Gasteiger partial charge in [0.25, 0.3) is 0 Å². The minimum absolute atomic E-state index is 0.0406. The third kappa shape index (κ3) is 3.02. The Morgan fingerprint density at radius 2 is 1.75 bits per heavy atom. The van der Waals surface area contributed by atoms with Gasteiger partial charge in [-0.15, -0.1) is 0 Å². The van der Waals surface area contributed by atoms with Crippen LogP contribution in [-0.4, -0.2) is 5.11 Å². The molecule has 1 nitrogen and oxygen atoms in total. The third-order valence-corrected chi connectivity index (χ3v) is 3.87. The maximum absolute atomic E-state index is 13.9. The normalized spacial score (nSPS) is 12.5. The van der Waals surface area contributed by atoms with Crippen molar-refractivity contribution < 1.29 is 9.50 Å². The predicted octanol–water partition coefficient (Wildman–Crippen LogP) is 4.68. The molecule has 20 heavy (non-hydrogen) atoms. The summed E-state index contributed by atoms with van der Waals surface area (Å²) < 4.78 is 13.9. The molecule has 0 saturated carbocycles. The summed E-state index contributed by atoms with van der Waals surface area (Å²) >= 11 is 5.76. The Morgan fingerprint density at radius 3 is 2.35 bits per heavy atom. The maximum Gasteiger partial charge on any atom is 0.147 e. The zero-order valence-electron chi connectivity index (χ0n) is 11.9. The van der Waals surface area contributed by atoms with Crippen molar-refractivity contribution in [2.24, 2.45) is 0 Å². The molecule has 106 valence electrons. The van der Waals surface area contributed by atoms with Crippen LogP contribution in [0, 0.1) is 26.6 Å². The monoisotopic (exact) mass is 292 g/mol. The number of aliphatic hydroxyl groups is 1. The van der Waals surface area contributed by atoms with Gasteiger partial charge in [0.2, 0.25) is 0 Å². The van der Waals surface area contributed by atoms with Gasteiger partial charge in [-0.2, -0.15) is 0 Å². The molecule has 0 spiro atoms. The van der Waals surface area contributed by atoms with Gasteiger partial charge < -0.3 is 5.11 Å². The summed E-state index contributed by atoms with van der Waals surface area (Å²) in [7, 11) is 0. The van der Waals surface area contributed by atoms with Crippen molar-refractivity contribution in [2.75, 3.05) is 0 Å². The van der Waals surface area contributed by atoms with Crippen molar-refractivity contribution in [3.8, 4) is 0 Å². The van der Waals surface area contributed by atoms with Crippen molar-refractivity contribution >= 4 is 11.6 Å². The second-order valence-electron chi connectivity index (χ2n) is 5.24. The van der Waals surface area contributed by atoms with E-state index in [1.807, 2.05) is 20.8 Å². The standard InChI is InChI=1S/C17H18ClFO/c1-10-7-11(2)14(12(3)8-10)9-16(20)13-5-4-6-15(18)17(13)19/h4-8,16,20H,9H2,1-3H3. The largest absolute Gasteiger partial charge is 0.388 e. The number of rotatable bonds is 3. The summed E-state index contributed by atoms with van der Waals surface area (Å²) in [4.78, 5) is 0. The van der Waals surface area contributed by atoms with Crippen LogP contribution in [0.15, 0.2) is 30.3 Å². The second kappa shape index (κ2) is 5.94. The van der Waals surface area contributed by atoms with Crippen molar-refractivity contribution in [2.45, 2.75) is 33.3 Å². The molecule has 2 rings (SSSR count). The van der Waals surface area contributed by atoms with Crippen molar-refractivity contribution in [3.63, 3.8) is 0 Å². The topological polar surface area (TPSA) is 20.2 Å². The second-order valence-corrected chi connectivity index (χ2v) is 5.65. The first-order valence-corrected chi connectivity index (χ1v) is 6.96. The SMILES string of the molecule is Cc1cc(C)c(CC(O)c2cccc(Cl)c2F)c(C)c1. The molecule has 0 aliphatic carbocycles. The first kappa shape index (κ1) is 15.0. The van der Waals surface area contributed by atoms with Gasteiger partial charge >= 0.3 is 0 Å². The highest BCUT2D eigenvalue weighted by molar-refractivity contribution is 6.30. The molecule has 0 aliphatic rings. The van der Waals surface area contributed by atoms with Gasteiger partial charge in [0.05, 0.1) is 11.1 Å². The highest BCUT2D eigenvalue weighted by atomic mass is 35.5. The lowest BCUT2D eigenvalue weighted by molar-refractivity contribution is 0.173. The summed E-state index contributed by atoms with van der Waals surface area (Å²) in [6.45, 7) is 6.06. The molecule has 2 aromatic carbocycles. The van der Waals surface area contributed by atoms with Crippen LogP contribution in [-0.2, 0) is 6.42 Å². The molecule has 0 amide bonds. The van der Waals surface area contributed by atoms with E-state index in [4.69, 9.17) is 11.6 Å². The van der Waals surface area contributed by atoms with E-state index in [1.54, 1.807) is 12.1 Å². The first-order valence-electron chi connectivity index (χ1n) is 6.59. The van der Waals surface area contributed by atoms with Crippen LogP contribution in [0.3, 0.4) is 0 Å². The van der Waals surface area contributed by atoms with E-state index in [0.717, 1.165) is 16.7 Å². The fraction of sp³-hybridized carbons (Fsp3) is 0.294. The summed E-state index contributed by atoms with van der Waals surface area (Å²) in [5.74, 6) is -0.538. The van der Waals surface area contributed by atoms with E-state index in [1.165, 1.54) is 11.6 Å². The lowest BCUT2D eigenvalue weighted by atomic mass is 9.93. The lowest BCUT2D eigenvalue weighted by Gasteiger charge is -2.17. The Hall–Kier alpha value is -1.38. The highest BCUT2D eigenvalue weighted by Crippen LogP contribution is 2.28. The van der Waals surface area contributed by atoms with Crippen LogP contribution in [0.25, 0.3) is 0 Å². The number of hydrogen-bond acceptors (Lipinski definition) is 1. The minimum Gasteiger partial charge on any atom is -0.388 e. The number of benzene rings is 2. The van der Waals surface area contributed by atoms with Gasteiger partial charge in [0.1, 0.15) is 5.82 Å². The van der Waals surface area contributed by atoms with Crippen molar-refractivity contribution in [1.82, 2.24) is 0 Å². The Kier molecular flexibility index (Phi) is 4.46. The molecule has 1 atom stereocenters. The summed E-state index contributed by atoms with van der Waals surface area (Å²) in [5.41, 5.74) is 4.72. The van der Waals surface area contributed by atoms with Crippen molar-refractivity contribution in [3.05, 3.63) is 69.0 Å². The van der Waals surface area contributed by atoms with Gasteiger partial charge in [-0.25, -0.2) is 4.39 Å². The van der Waals surface area contributed by atoms with E-state index in [9.17, 15) is 9.50 Å². The van der Waals surface area contributed by atoms with Crippen molar-refractivity contribution in [1.29, 1.82) is 0 Å². The third-order valence-electron chi connectivity index (χ3n) is 3.58. The highest BCUT2D eigenvalue weighted by Gasteiger charge is 2.17. The number of aryl methyl sites for hydroxylation is 3. The van der Waals surface area contributed by atoms with Gasteiger partial charge in [-0.1, -0.05) is 41.4 Å². The first-order chi connectivity index (χ1) is 9.40. The van der Waals surface area contributed by atoms with E-state index in [-0.39, 0.29) is 10.6 Å². The van der Waals surface area contributed by atoms with Crippen LogP contribution >= 0.6 is 11.6 Å². The molecular formula is C17H18ClFO. The number of hydrogen-bond donors (Lipinski definition) is 1. The van der Waals surface area contributed by atoms with E-state index in [0.29, 0.717) is 6.42 Å². The molecule has 0 bridgehead atoms. The van der Waals surface area contributed by atoms with Crippen LogP contribution in [0.4, 0.5) is 4.39 Å². The quantitative estimate of drug-likeness (QED) is 0.871. The molecule has 2 aromatic rings. The Morgan fingerprint density at radius 1 is 1.15 bits per heavy atom. The molecule has 0 radical (unpaired) electrons. The minimum atomic E-state index is -0.895. The summed E-state index contributed by atoms with van der Waals surface area (Å²) in [6.07, 6.45) is -0.510. The molecular weight excluding hydrogens is 275 g/mol. The smallest absolute Gasteiger partial charge is 0.147 e. The molecule has 1 unspecified atom stereocenters. The summed E-state index contributed by atoms with van der Waals surface area (Å²) in [5, 5.41) is 10.3. The van der Waals surface area contributed by atoms with Crippen LogP contribution in [0.5, 0.6) is 0 Å². The fourth-order valence-electron chi connectivity index (χ4n) is 2.61. The van der Waals surface area contributed by atoms with Crippen LogP contribution < -0.4 is 0 Å². The number of halogens is 2.